The van der Waals surface area contributed by atoms with E-state index in [1.54, 1.807) is 20.2 Å². The molecule has 0 bridgehead atoms. The number of hydrogen-bond donors (Lipinski definition) is 0. The number of carbonyl (C=O) groups excluding carboxylic acids is 1. The molecule has 0 spiro atoms. The number of ether oxygens (including phenoxy) is 1. The molecule has 3 aromatic heterocycles. The number of amides is 1. The van der Waals surface area contributed by atoms with Gasteiger partial charge in [-0.2, -0.15) is 18.2 Å². The van der Waals surface area contributed by atoms with Crippen molar-refractivity contribution >= 4 is 5.91 Å². The van der Waals surface area contributed by atoms with Crippen molar-refractivity contribution in [1.29, 1.82) is 0 Å². The summed E-state index contributed by atoms with van der Waals surface area (Å²) in [5.41, 5.74) is 0.495. The van der Waals surface area contributed by atoms with Crippen molar-refractivity contribution in [2.45, 2.75) is 19.0 Å². The monoisotopic (exact) mass is 411 g/mol. The van der Waals surface area contributed by atoms with Crippen LogP contribution in [0.3, 0.4) is 0 Å². The van der Waals surface area contributed by atoms with E-state index < -0.39 is 12.1 Å². The average Bonchev–Trinajstić information content (AvgIpc) is 3.34. The smallest absolute Gasteiger partial charge is 0.471 e. The summed E-state index contributed by atoms with van der Waals surface area (Å²) in [7, 11) is 3.24. The largest absolute Gasteiger partial charge is 0.478 e. The van der Waals surface area contributed by atoms with Crippen LogP contribution in [-0.2, 0) is 12.6 Å². The fourth-order valence-corrected chi connectivity index (χ4v) is 2.24. The third-order valence-corrected chi connectivity index (χ3v) is 3.66. The van der Waals surface area contributed by atoms with Crippen molar-refractivity contribution in [2.75, 3.05) is 20.7 Å². The Hall–Kier alpha value is -3.44. The second-order valence-corrected chi connectivity index (χ2v) is 6.14. The van der Waals surface area contributed by atoms with Crippen LogP contribution in [0.15, 0.2) is 33.4 Å². The number of carbonyl (C=O) groups is 1. The van der Waals surface area contributed by atoms with Crippen LogP contribution in [0.4, 0.5) is 13.2 Å². The fraction of sp³-hybridized carbons (Fsp3) is 0.353. The molecular formula is C17H16F3N5O4. The minimum atomic E-state index is -4.70. The predicted octanol–water partition coefficient (Wildman–Crippen LogP) is 2.85. The molecule has 0 saturated heterocycles. The highest BCUT2D eigenvalue weighted by Crippen LogP contribution is 2.29. The van der Waals surface area contributed by atoms with Gasteiger partial charge in [0.25, 0.3) is 5.91 Å². The Morgan fingerprint density at radius 2 is 2.00 bits per heavy atom. The van der Waals surface area contributed by atoms with Crippen LogP contribution in [0.25, 0.3) is 11.4 Å². The van der Waals surface area contributed by atoms with Gasteiger partial charge in [0.1, 0.15) is 5.76 Å². The van der Waals surface area contributed by atoms with Crippen LogP contribution in [-0.4, -0.2) is 51.8 Å². The standard InChI is InChI=1S/C17H16F3N5O4/c1-25(2)15(26)12-8-11(28-23-12)4-3-7-27-13-6-5-10(9-21-13)14-22-16(29-24-14)17(18,19)20/h5-6,8-9H,3-4,7H2,1-2H3. The first kappa shape index (κ1) is 20.3. The van der Waals surface area contributed by atoms with Crippen molar-refractivity contribution in [1.82, 2.24) is 25.2 Å². The van der Waals surface area contributed by atoms with E-state index in [1.165, 1.54) is 23.2 Å². The van der Waals surface area contributed by atoms with E-state index in [2.05, 4.69) is 24.8 Å². The first-order valence-corrected chi connectivity index (χ1v) is 8.41. The van der Waals surface area contributed by atoms with Gasteiger partial charge >= 0.3 is 12.1 Å². The van der Waals surface area contributed by atoms with Gasteiger partial charge in [0.05, 0.1) is 6.61 Å². The highest BCUT2D eigenvalue weighted by molar-refractivity contribution is 5.91. The molecule has 0 aromatic carbocycles. The van der Waals surface area contributed by atoms with Gasteiger partial charge in [0, 0.05) is 44.4 Å². The van der Waals surface area contributed by atoms with Gasteiger partial charge in [-0.25, -0.2) is 4.98 Å². The number of halogens is 3. The molecule has 0 N–H and O–H groups in total. The highest BCUT2D eigenvalue weighted by atomic mass is 19.4. The lowest BCUT2D eigenvalue weighted by Gasteiger charge is -2.05. The Kier molecular flexibility index (Phi) is 5.80. The van der Waals surface area contributed by atoms with Crippen molar-refractivity contribution < 1.29 is 31.7 Å². The summed E-state index contributed by atoms with van der Waals surface area (Å²) in [6, 6.07) is 4.54. The van der Waals surface area contributed by atoms with E-state index in [0.29, 0.717) is 25.2 Å². The summed E-state index contributed by atoms with van der Waals surface area (Å²) in [5, 5.41) is 7.01. The first-order chi connectivity index (χ1) is 13.7. The zero-order valence-corrected chi connectivity index (χ0v) is 15.4. The zero-order valence-electron chi connectivity index (χ0n) is 15.4. The van der Waals surface area contributed by atoms with Crippen molar-refractivity contribution in [3.63, 3.8) is 0 Å². The van der Waals surface area contributed by atoms with Crippen molar-refractivity contribution in [2.24, 2.45) is 0 Å². The number of rotatable bonds is 7. The van der Waals surface area contributed by atoms with E-state index in [9.17, 15) is 18.0 Å². The fourth-order valence-electron chi connectivity index (χ4n) is 2.24. The summed E-state index contributed by atoms with van der Waals surface area (Å²) in [6.07, 6.45) is -2.33. The molecule has 0 saturated carbocycles. The number of alkyl halides is 3. The molecular weight excluding hydrogens is 395 g/mol. The second-order valence-electron chi connectivity index (χ2n) is 6.14. The molecule has 1 amide bonds. The molecule has 0 unspecified atom stereocenters. The molecule has 0 aliphatic carbocycles. The zero-order chi connectivity index (χ0) is 21.0. The lowest BCUT2D eigenvalue weighted by molar-refractivity contribution is -0.159. The summed E-state index contributed by atoms with van der Waals surface area (Å²) in [4.78, 5) is 20.4. The Morgan fingerprint density at radius 3 is 2.62 bits per heavy atom. The molecule has 0 radical (unpaired) electrons. The third-order valence-electron chi connectivity index (χ3n) is 3.66. The maximum absolute atomic E-state index is 12.5. The minimum absolute atomic E-state index is 0.218. The Labute approximate surface area is 162 Å². The first-order valence-electron chi connectivity index (χ1n) is 8.41. The number of aromatic nitrogens is 4. The summed E-state index contributed by atoms with van der Waals surface area (Å²) < 4.78 is 52.2. The van der Waals surface area contributed by atoms with E-state index >= 15 is 0 Å². The number of nitrogens with zero attached hydrogens (tertiary/aromatic N) is 5. The molecule has 12 heteroatoms. The summed E-state index contributed by atoms with van der Waals surface area (Å²) >= 11 is 0. The van der Waals surface area contributed by atoms with Crippen LogP contribution < -0.4 is 4.74 Å². The van der Waals surface area contributed by atoms with Crippen molar-refractivity contribution in [3.8, 4) is 17.3 Å². The van der Waals surface area contributed by atoms with Gasteiger partial charge in [-0.15, -0.1) is 0 Å². The third kappa shape index (κ3) is 5.09. The van der Waals surface area contributed by atoms with Gasteiger partial charge in [-0.3, -0.25) is 4.79 Å². The molecule has 0 aliphatic heterocycles. The highest BCUT2D eigenvalue weighted by Gasteiger charge is 2.38. The van der Waals surface area contributed by atoms with Crippen LogP contribution in [0.2, 0.25) is 0 Å². The van der Waals surface area contributed by atoms with E-state index in [0.717, 1.165) is 0 Å². The maximum atomic E-state index is 12.5. The van der Waals surface area contributed by atoms with Crippen LogP contribution >= 0.6 is 0 Å². The molecule has 9 nitrogen and oxygen atoms in total. The molecule has 29 heavy (non-hydrogen) atoms. The Morgan fingerprint density at radius 1 is 1.21 bits per heavy atom. The topological polar surface area (TPSA) is 107 Å². The van der Waals surface area contributed by atoms with E-state index in [4.69, 9.17) is 9.26 Å². The van der Waals surface area contributed by atoms with Gasteiger partial charge in [0.15, 0.2) is 5.69 Å². The molecule has 0 atom stereocenters. The van der Waals surface area contributed by atoms with Crippen molar-refractivity contribution in [3.05, 3.63) is 41.7 Å². The SMILES string of the molecule is CN(C)C(=O)c1cc(CCCOc2ccc(-c3noc(C(F)(F)F)n3)cn2)on1. The van der Waals surface area contributed by atoms with E-state index in [-0.39, 0.29) is 28.9 Å². The molecule has 3 rings (SSSR count). The van der Waals surface area contributed by atoms with Gasteiger partial charge in [-0.1, -0.05) is 10.3 Å². The normalized spacial score (nSPS) is 11.5. The molecule has 0 aliphatic rings. The molecule has 3 heterocycles. The molecule has 3 aromatic rings. The van der Waals surface area contributed by atoms with Gasteiger partial charge in [-0.05, 0) is 12.5 Å². The van der Waals surface area contributed by atoms with E-state index in [1.807, 2.05) is 0 Å². The predicted molar refractivity (Wildman–Crippen MR) is 90.9 cm³/mol. The second kappa shape index (κ2) is 8.29. The quantitative estimate of drug-likeness (QED) is 0.546. The molecule has 0 fully saturated rings. The van der Waals surface area contributed by atoms with Crippen LogP contribution in [0, 0.1) is 0 Å². The average molecular weight is 411 g/mol. The minimum Gasteiger partial charge on any atom is -0.478 e. The summed E-state index contributed by atoms with van der Waals surface area (Å²) in [6.45, 7) is 0.310. The number of aryl methyl sites for hydroxylation is 1. The lowest BCUT2D eigenvalue weighted by atomic mass is 10.2. The summed E-state index contributed by atoms with van der Waals surface area (Å²) in [5.74, 6) is -1.04. The van der Waals surface area contributed by atoms with Gasteiger partial charge < -0.3 is 18.7 Å². The number of hydrogen-bond acceptors (Lipinski definition) is 8. The van der Waals surface area contributed by atoms with Crippen LogP contribution in [0.5, 0.6) is 5.88 Å². The maximum Gasteiger partial charge on any atom is 0.471 e. The number of pyridine rings is 1. The lowest BCUT2D eigenvalue weighted by Crippen LogP contribution is -2.21. The Balaban J connectivity index is 1.48. The van der Waals surface area contributed by atoms with Gasteiger partial charge in [0.2, 0.25) is 11.7 Å². The van der Waals surface area contributed by atoms with Crippen LogP contribution in [0.1, 0.15) is 28.6 Å². The molecule has 154 valence electrons. The Bertz CT molecular complexity index is 966.